The highest BCUT2D eigenvalue weighted by molar-refractivity contribution is 5.78. The first kappa shape index (κ1) is 15.4. The molecule has 0 unspecified atom stereocenters. The molecule has 4 nitrogen and oxygen atoms in total. The molecule has 0 radical (unpaired) electrons. The van der Waals surface area contributed by atoms with Crippen LogP contribution in [-0.4, -0.2) is 41.7 Å². The first-order valence-electron chi connectivity index (χ1n) is 8.06. The number of aliphatic hydroxyl groups is 1. The molecule has 1 saturated heterocycles. The summed E-state index contributed by atoms with van der Waals surface area (Å²) >= 11 is 0. The molecule has 2 fully saturated rings. The van der Waals surface area contributed by atoms with Crippen molar-refractivity contribution in [2.75, 3.05) is 19.6 Å². The number of halogens is 1. The Balaban J connectivity index is 1.57. The predicted molar refractivity (Wildman–Crippen MR) is 81.7 cm³/mol. The molecule has 2 aliphatic rings. The third-order valence-corrected chi connectivity index (χ3v) is 4.80. The number of nitrogens with one attached hydrogen (secondary N) is 1. The van der Waals surface area contributed by atoms with Crippen molar-refractivity contribution >= 4 is 5.91 Å². The van der Waals surface area contributed by atoms with Gasteiger partial charge in [0, 0.05) is 19.1 Å². The summed E-state index contributed by atoms with van der Waals surface area (Å²) in [6, 6.07) is 6.29. The molecular weight excluding hydrogens is 283 g/mol. The monoisotopic (exact) mass is 306 g/mol. The highest BCUT2D eigenvalue weighted by Crippen LogP contribution is 2.32. The van der Waals surface area contributed by atoms with Gasteiger partial charge in [-0.3, -0.25) is 9.69 Å². The Morgan fingerprint density at radius 2 is 2.05 bits per heavy atom. The van der Waals surface area contributed by atoms with Crippen LogP contribution in [0.2, 0.25) is 0 Å². The molecule has 0 aromatic heterocycles. The number of likely N-dealkylation sites (tertiary alicyclic amines) is 1. The molecule has 120 valence electrons. The van der Waals surface area contributed by atoms with E-state index >= 15 is 0 Å². The van der Waals surface area contributed by atoms with E-state index in [-0.39, 0.29) is 24.3 Å². The van der Waals surface area contributed by atoms with Crippen LogP contribution in [0.15, 0.2) is 24.3 Å². The minimum Gasteiger partial charge on any atom is -0.392 e. The third-order valence-electron chi connectivity index (χ3n) is 4.80. The lowest BCUT2D eigenvalue weighted by atomic mass is 9.85. The molecule has 1 aromatic carbocycles. The largest absolute Gasteiger partial charge is 0.392 e. The summed E-state index contributed by atoms with van der Waals surface area (Å²) < 4.78 is 13.0. The van der Waals surface area contributed by atoms with Gasteiger partial charge in [-0.15, -0.1) is 0 Å². The maximum atomic E-state index is 13.0. The number of carbonyl (C=O) groups is 1. The van der Waals surface area contributed by atoms with E-state index in [0.717, 1.165) is 12.1 Å². The topological polar surface area (TPSA) is 52.6 Å². The van der Waals surface area contributed by atoms with Gasteiger partial charge in [0.15, 0.2) is 0 Å². The normalized spacial score (nSPS) is 25.9. The van der Waals surface area contributed by atoms with Gasteiger partial charge < -0.3 is 10.4 Å². The number of benzene rings is 1. The third kappa shape index (κ3) is 3.65. The van der Waals surface area contributed by atoms with Crippen LogP contribution < -0.4 is 5.32 Å². The zero-order valence-electron chi connectivity index (χ0n) is 12.7. The van der Waals surface area contributed by atoms with Crippen molar-refractivity contribution in [3.8, 4) is 0 Å². The molecule has 1 aliphatic carbocycles. The number of β-amino-alcohol motifs (C(OH)–C–C–N with tert-alkyl or cyclic N) is 1. The van der Waals surface area contributed by atoms with E-state index < -0.39 is 6.10 Å². The summed E-state index contributed by atoms with van der Waals surface area (Å²) in [7, 11) is 0. The summed E-state index contributed by atoms with van der Waals surface area (Å²) in [5, 5.41) is 12.9. The maximum Gasteiger partial charge on any atom is 0.234 e. The molecule has 1 saturated carbocycles. The summed E-state index contributed by atoms with van der Waals surface area (Å²) in [4.78, 5) is 14.1. The Morgan fingerprint density at radius 1 is 1.32 bits per heavy atom. The Kier molecular flexibility index (Phi) is 4.74. The smallest absolute Gasteiger partial charge is 0.234 e. The van der Waals surface area contributed by atoms with Crippen LogP contribution in [0.25, 0.3) is 0 Å². The van der Waals surface area contributed by atoms with E-state index in [1.165, 1.54) is 31.4 Å². The molecule has 0 bridgehead atoms. The fourth-order valence-corrected chi connectivity index (χ4v) is 3.28. The van der Waals surface area contributed by atoms with Crippen LogP contribution in [0.4, 0.5) is 4.39 Å². The van der Waals surface area contributed by atoms with Crippen molar-refractivity contribution < 1.29 is 14.3 Å². The van der Waals surface area contributed by atoms with Crippen LogP contribution in [-0.2, 0) is 4.79 Å². The Bertz CT molecular complexity index is 516. The fraction of sp³-hybridized carbons (Fsp3) is 0.588. The van der Waals surface area contributed by atoms with Gasteiger partial charge in [0.2, 0.25) is 5.91 Å². The number of hydrogen-bond acceptors (Lipinski definition) is 3. The van der Waals surface area contributed by atoms with Gasteiger partial charge in [-0.25, -0.2) is 4.39 Å². The summed E-state index contributed by atoms with van der Waals surface area (Å²) in [6.45, 7) is 1.53. The Labute approximate surface area is 130 Å². The van der Waals surface area contributed by atoms with Crippen molar-refractivity contribution in [3.63, 3.8) is 0 Å². The van der Waals surface area contributed by atoms with E-state index in [9.17, 15) is 14.3 Å². The molecule has 5 heteroatoms. The molecule has 1 heterocycles. The molecule has 22 heavy (non-hydrogen) atoms. The number of carbonyl (C=O) groups excluding carboxylic acids is 1. The van der Waals surface area contributed by atoms with Gasteiger partial charge in [-0.05, 0) is 42.9 Å². The average molecular weight is 306 g/mol. The van der Waals surface area contributed by atoms with E-state index in [1.54, 1.807) is 12.1 Å². The van der Waals surface area contributed by atoms with E-state index in [4.69, 9.17) is 0 Å². The first-order chi connectivity index (χ1) is 10.6. The van der Waals surface area contributed by atoms with Gasteiger partial charge in [0.1, 0.15) is 5.82 Å². The van der Waals surface area contributed by atoms with Gasteiger partial charge >= 0.3 is 0 Å². The van der Waals surface area contributed by atoms with Crippen LogP contribution in [0.5, 0.6) is 0 Å². The minimum atomic E-state index is -0.436. The SMILES string of the molecule is O=C(CN1C[C@@H](O)C[C@@H]1c1ccc(F)cc1)NCC1CCC1. The van der Waals surface area contributed by atoms with Crippen molar-refractivity contribution in [3.05, 3.63) is 35.6 Å². The molecule has 2 N–H and O–H groups in total. The van der Waals surface area contributed by atoms with Crippen LogP contribution >= 0.6 is 0 Å². The second-order valence-electron chi connectivity index (χ2n) is 6.49. The number of amides is 1. The second-order valence-corrected chi connectivity index (χ2v) is 6.49. The lowest BCUT2D eigenvalue weighted by Crippen LogP contribution is -2.40. The molecule has 1 amide bonds. The van der Waals surface area contributed by atoms with Crippen molar-refractivity contribution in [1.29, 1.82) is 0 Å². The summed E-state index contributed by atoms with van der Waals surface area (Å²) in [6.07, 6.45) is 3.84. The zero-order valence-corrected chi connectivity index (χ0v) is 12.7. The van der Waals surface area contributed by atoms with Crippen molar-refractivity contribution in [1.82, 2.24) is 10.2 Å². The van der Waals surface area contributed by atoms with Crippen LogP contribution in [0.1, 0.15) is 37.3 Å². The van der Waals surface area contributed by atoms with Crippen molar-refractivity contribution in [2.45, 2.75) is 37.8 Å². The number of rotatable bonds is 5. The highest BCUT2D eigenvalue weighted by atomic mass is 19.1. The number of nitrogens with zero attached hydrogens (tertiary/aromatic N) is 1. The lowest BCUT2D eigenvalue weighted by Gasteiger charge is -2.27. The second kappa shape index (κ2) is 6.75. The fourth-order valence-electron chi connectivity index (χ4n) is 3.28. The number of hydrogen-bond donors (Lipinski definition) is 2. The van der Waals surface area contributed by atoms with Crippen LogP contribution in [0, 0.1) is 11.7 Å². The number of aliphatic hydroxyl groups excluding tert-OH is 1. The molecule has 1 aliphatic heterocycles. The summed E-state index contributed by atoms with van der Waals surface area (Å²) in [5.74, 6) is 0.376. The van der Waals surface area contributed by atoms with Gasteiger partial charge in [-0.1, -0.05) is 18.6 Å². The van der Waals surface area contributed by atoms with E-state index in [1.807, 2.05) is 4.90 Å². The van der Waals surface area contributed by atoms with E-state index in [0.29, 0.717) is 18.9 Å². The Hall–Kier alpha value is -1.46. The van der Waals surface area contributed by atoms with E-state index in [2.05, 4.69) is 5.32 Å². The van der Waals surface area contributed by atoms with Gasteiger partial charge in [-0.2, -0.15) is 0 Å². The molecule has 0 spiro atoms. The first-order valence-corrected chi connectivity index (χ1v) is 8.06. The Morgan fingerprint density at radius 3 is 2.68 bits per heavy atom. The highest BCUT2D eigenvalue weighted by Gasteiger charge is 2.33. The maximum absolute atomic E-state index is 13.0. The quantitative estimate of drug-likeness (QED) is 0.873. The average Bonchev–Trinajstić information content (AvgIpc) is 2.78. The van der Waals surface area contributed by atoms with Crippen LogP contribution in [0.3, 0.4) is 0 Å². The standard InChI is InChI=1S/C17H23FN2O2/c18-14-6-4-13(5-7-14)16-8-15(21)10-20(16)11-17(22)19-9-12-2-1-3-12/h4-7,12,15-16,21H,1-3,8-11H2,(H,19,22)/t15-,16+/m0/s1. The van der Waals surface area contributed by atoms with Gasteiger partial charge in [0.05, 0.1) is 12.6 Å². The summed E-state index contributed by atoms with van der Waals surface area (Å²) in [5.41, 5.74) is 0.949. The molecular formula is C17H23FN2O2. The molecule has 1 aromatic rings. The van der Waals surface area contributed by atoms with Gasteiger partial charge in [0.25, 0.3) is 0 Å². The molecule has 3 rings (SSSR count). The zero-order chi connectivity index (χ0) is 15.5. The minimum absolute atomic E-state index is 0.00751. The van der Waals surface area contributed by atoms with Crippen molar-refractivity contribution in [2.24, 2.45) is 5.92 Å². The predicted octanol–water partition coefficient (Wildman–Crippen LogP) is 1.85. The molecule has 2 atom stereocenters. The lowest BCUT2D eigenvalue weighted by molar-refractivity contribution is -0.122.